The molecular formula is C11H21NO3. The lowest BCUT2D eigenvalue weighted by Gasteiger charge is -2.14. The molecule has 0 aliphatic heterocycles. The molecule has 15 heavy (non-hydrogen) atoms. The predicted molar refractivity (Wildman–Crippen MR) is 58.4 cm³/mol. The number of ether oxygens (including phenoxy) is 1. The highest BCUT2D eigenvalue weighted by molar-refractivity contribution is 5.81. The number of nitrogens with one attached hydrogen (secondary N) is 1. The summed E-state index contributed by atoms with van der Waals surface area (Å²) in [4.78, 5) is 22.3. The maximum atomic E-state index is 11.4. The van der Waals surface area contributed by atoms with Gasteiger partial charge in [0.15, 0.2) is 0 Å². The van der Waals surface area contributed by atoms with E-state index in [-0.39, 0.29) is 30.8 Å². The van der Waals surface area contributed by atoms with Gasteiger partial charge in [0.1, 0.15) is 0 Å². The molecule has 0 aliphatic rings. The van der Waals surface area contributed by atoms with Gasteiger partial charge < -0.3 is 10.1 Å². The van der Waals surface area contributed by atoms with Crippen LogP contribution >= 0.6 is 0 Å². The van der Waals surface area contributed by atoms with Crippen LogP contribution in [0.2, 0.25) is 0 Å². The minimum absolute atomic E-state index is 0.0725. The first-order valence-electron chi connectivity index (χ1n) is 5.58. The average molecular weight is 215 g/mol. The second-order valence-electron chi connectivity index (χ2n) is 3.39. The van der Waals surface area contributed by atoms with Gasteiger partial charge in [0.05, 0.1) is 13.0 Å². The Hall–Kier alpha value is -1.06. The molecule has 0 aliphatic carbocycles. The maximum absolute atomic E-state index is 11.4. The van der Waals surface area contributed by atoms with Crippen LogP contribution in [0.1, 0.15) is 46.5 Å². The molecule has 0 saturated heterocycles. The fourth-order valence-corrected chi connectivity index (χ4v) is 1.24. The minimum Gasteiger partial charge on any atom is -0.466 e. The maximum Gasteiger partial charge on any atom is 0.306 e. The van der Waals surface area contributed by atoms with Gasteiger partial charge in [0.25, 0.3) is 0 Å². The molecule has 4 nitrogen and oxygen atoms in total. The van der Waals surface area contributed by atoms with Crippen molar-refractivity contribution in [1.82, 2.24) is 5.32 Å². The summed E-state index contributed by atoms with van der Waals surface area (Å²) in [5.41, 5.74) is 0. The fraction of sp³-hybridized carbons (Fsp3) is 0.818. The molecule has 0 fully saturated rings. The van der Waals surface area contributed by atoms with Gasteiger partial charge in [-0.3, -0.25) is 9.59 Å². The summed E-state index contributed by atoms with van der Waals surface area (Å²) in [5.74, 6) is -0.381. The normalized spacial score (nSPS) is 10.1. The highest BCUT2D eigenvalue weighted by Gasteiger charge is 2.10. The van der Waals surface area contributed by atoms with Gasteiger partial charge >= 0.3 is 5.97 Å². The zero-order valence-corrected chi connectivity index (χ0v) is 9.84. The number of rotatable bonds is 7. The number of amides is 1. The highest BCUT2D eigenvalue weighted by Crippen LogP contribution is 1.99. The average Bonchev–Trinajstić information content (AvgIpc) is 2.23. The Labute approximate surface area is 91.4 Å². The second kappa shape index (κ2) is 8.26. The van der Waals surface area contributed by atoms with E-state index in [2.05, 4.69) is 5.32 Å². The standard InChI is InChI=1S/C11H21NO3/c1-4-9(5-2)12-10(13)7-8-11(14)15-6-3/h9H,4-8H2,1-3H3,(H,12,13). The zero-order chi connectivity index (χ0) is 11.7. The smallest absolute Gasteiger partial charge is 0.306 e. The van der Waals surface area contributed by atoms with E-state index in [0.717, 1.165) is 12.8 Å². The topological polar surface area (TPSA) is 55.4 Å². The van der Waals surface area contributed by atoms with Crippen molar-refractivity contribution in [2.75, 3.05) is 6.61 Å². The first-order valence-corrected chi connectivity index (χ1v) is 5.58. The van der Waals surface area contributed by atoms with Crippen LogP contribution in [-0.2, 0) is 14.3 Å². The fourth-order valence-electron chi connectivity index (χ4n) is 1.24. The van der Waals surface area contributed by atoms with Crippen molar-refractivity contribution in [3.63, 3.8) is 0 Å². The molecule has 0 bridgehead atoms. The molecule has 1 N–H and O–H groups in total. The second-order valence-corrected chi connectivity index (χ2v) is 3.39. The van der Waals surface area contributed by atoms with Crippen molar-refractivity contribution in [2.45, 2.75) is 52.5 Å². The van der Waals surface area contributed by atoms with Gasteiger partial charge in [-0.2, -0.15) is 0 Å². The van der Waals surface area contributed by atoms with Crippen molar-refractivity contribution < 1.29 is 14.3 Å². The van der Waals surface area contributed by atoms with Crippen LogP contribution in [0.5, 0.6) is 0 Å². The molecule has 0 aromatic rings. The Bertz CT molecular complexity index is 200. The van der Waals surface area contributed by atoms with Gasteiger partial charge in [-0.15, -0.1) is 0 Å². The Balaban J connectivity index is 3.69. The third-order valence-electron chi connectivity index (χ3n) is 2.21. The quantitative estimate of drug-likeness (QED) is 0.657. The van der Waals surface area contributed by atoms with Crippen LogP contribution in [0, 0.1) is 0 Å². The summed E-state index contributed by atoms with van der Waals surface area (Å²) >= 11 is 0. The minimum atomic E-state index is -0.308. The SMILES string of the molecule is CCOC(=O)CCC(=O)NC(CC)CC. The number of carbonyl (C=O) groups is 2. The molecule has 0 rings (SSSR count). The van der Waals surface area contributed by atoms with Crippen LogP contribution in [0.3, 0.4) is 0 Å². The third kappa shape index (κ3) is 6.94. The van der Waals surface area contributed by atoms with Gasteiger partial charge in [0.2, 0.25) is 5.91 Å². The van der Waals surface area contributed by atoms with Crippen LogP contribution in [0.15, 0.2) is 0 Å². The monoisotopic (exact) mass is 215 g/mol. The first-order chi connectivity index (χ1) is 7.13. The molecule has 88 valence electrons. The highest BCUT2D eigenvalue weighted by atomic mass is 16.5. The van der Waals surface area contributed by atoms with Gasteiger partial charge in [-0.25, -0.2) is 0 Å². The van der Waals surface area contributed by atoms with Crippen LogP contribution in [0.4, 0.5) is 0 Å². The summed E-state index contributed by atoms with van der Waals surface area (Å²) in [7, 11) is 0. The van der Waals surface area contributed by atoms with Crippen molar-refractivity contribution in [3.8, 4) is 0 Å². The van der Waals surface area contributed by atoms with Crippen molar-refractivity contribution in [3.05, 3.63) is 0 Å². The van der Waals surface area contributed by atoms with Gasteiger partial charge in [-0.05, 0) is 19.8 Å². The Morgan fingerprint density at radius 2 is 1.73 bits per heavy atom. The Kier molecular flexibility index (Phi) is 7.68. The molecule has 1 amide bonds. The van der Waals surface area contributed by atoms with E-state index in [1.165, 1.54) is 0 Å². The lowest BCUT2D eigenvalue weighted by atomic mass is 10.1. The Morgan fingerprint density at radius 1 is 1.13 bits per heavy atom. The molecular weight excluding hydrogens is 194 g/mol. The van der Waals surface area contributed by atoms with E-state index in [1.54, 1.807) is 6.92 Å². The molecule has 0 atom stereocenters. The molecule has 0 aromatic carbocycles. The summed E-state index contributed by atoms with van der Waals surface area (Å²) < 4.78 is 4.73. The van der Waals surface area contributed by atoms with E-state index in [9.17, 15) is 9.59 Å². The molecule has 0 heterocycles. The Morgan fingerprint density at radius 3 is 2.20 bits per heavy atom. The summed E-state index contributed by atoms with van der Waals surface area (Å²) in [6.45, 7) is 6.18. The largest absolute Gasteiger partial charge is 0.466 e. The predicted octanol–water partition coefficient (Wildman–Crippen LogP) is 1.63. The summed E-state index contributed by atoms with van der Waals surface area (Å²) in [6, 6.07) is 0.222. The molecule has 0 unspecified atom stereocenters. The molecule has 0 saturated carbocycles. The van der Waals surface area contributed by atoms with Crippen molar-refractivity contribution in [1.29, 1.82) is 0 Å². The number of esters is 1. The van der Waals surface area contributed by atoms with Crippen molar-refractivity contribution in [2.24, 2.45) is 0 Å². The van der Waals surface area contributed by atoms with E-state index in [0.29, 0.717) is 6.61 Å². The first kappa shape index (κ1) is 13.9. The molecule has 0 radical (unpaired) electrons. The number of carbonyl (C=O) groups excluding carboxylic acids is 2. The van der Waals surface area contributed by atoms with E-state index in [1.807, 2.05) is 13.8 Å². The van der Waals surface area contributed by atoms with E-state index < -0.39 is 0 Å². The van der Waals surface area contributed by atoms with Gasteiger partial charge in [0, 0.05) is 12.5 Å². The molecule has 0 aromatic heterocycles. The molecule has 4 heteroatoms. The van der Waals surface area contributed by atoms with Gasteiger partial charge in [-0.1, -0.05) is 13.8 Å². The third-order valence-corrected chi connectivity index (χ3v) is 2.21. The van der Waals surface area contributed by atoms with Crippen LogP contribution < -0.4 is 5.32 Å². The van der Waals surface area contributed by atoms with E-state index >= 15 is 0 Å². The zero-order valence-electron chi connectivity index (χ0n) is 9.84. The van der Waals surface area contributed by atoms with Crippen molar-refractivity contribution >= 4 is 11.9 Å². The lowest BCUT2D eigenvalue weighted by molar-refractivity contribution is -0.144. The summed E-state index contributed by atoms with van der Waals surface area (Å²) in [5, 5.41) is 2.87. The summed E-state index contributed by atoms with van der Waals surface area (Å²) in [6.07, 6.45) is 2.22. The van der Waals surface area contributed by atoms with Crippen LogP contribution in [-0.4, -0.2) is 24.5 Å². The lowest BCUT2D eigenvalue weighted by Crippen LogP contribution is -2.34. The van der Waals surface area contributed by atoms with E-state index in [4.69, 9.17) is 4.74 Å². The number of hydrogen-bond donors (Lipinski definition) is 1. The molecule has 0 spiro atoms. The van der Waals surface area contributed by atoms with Crippen LogP contribution in [0.25, 0.3) is 0 Å². The number of hydrogen-bond acceptors (Lipinski definition) is 3.